The highest BCUT2D eigenvalue weighted by Gasteiger charge is 2.44. The molecule has 0 unspecified atom stereocenters. The minimum Gasteiger partial charge on any atom is -0.340 e. The molecule has 11 rings (SSSR count). The lowest BCUT2D eigenvalue weighted by atomic mass is 10.00. The number of H-pyrrole nitrogens is 2. The summed E-state index contributed by atoms with van der Waals surface area (Å²) in [5.41, 5.74) is 10.4. The van der Waals surface area contributed by atoms with Gasteiger partial charge in [0.15, 0.2) is 0 Å². The number of hydrogen-bond acceptors (Lipinski definition) is 6. The number of likely N-dealkylation sites (tertiary alicyclic amines) is 2. The van der Waals surface area contributed by atoms with Crippen LogP contribution in [0.4, 0.5) is 0 Å². The van der Waals surface area contributed by atoms with Gasteiger partial charge in [0.25, 0.3) is 0 Å². The molecule has 326 valence electrons. The molecule has 4 aliphatic rings. The first-order valence-corrected chi connectivity index (χ1v) is 23.8. The molecule has 4 atom stereocenters. The number of aromatic nitrogens is 4. The molecule has 10 nitrogen and oxygen atoms in total. The van der Waals surface area contributed by atoms with Crippen molar-refractivity contribution in [2.24, 2.45) is 0 Å². The summed E-state index contributed by atoms with van der Waals surface area (Å²) in [7, 11) is 0. The molecule has 2 amide bonds. The summed E-state index contributed by atoms with van der Waals surface area (Å²) in [6, 6.07) is 42.5. The van der Waals surface area contributed by atoms with E-state index in [0.717, 1.165) is 145 Å². The zero-order valence-corrected chi connectivity index (χ0v) is 37.0. The third-order valence-corrected chi connectivity index (χ3v) is 14.4. The number of imidazole rings is 2. The van der Waals surface area contributed by atoms with Gasteiger partial charge in [0.2, 0.25) is 11.8 Å². The van der Waals surface area contributed by atoms with Crippen LogP contribution in [0, 0.1) is 0 Å². The minimum atomic E-state index is -0.278. The summed E-state index contributed by atoms with van der Waals surface area (Å²) in [5, 5.41) is 0. The van der Waals surface area contributed by atoms with Gasteiger partial charge in [0.05, 0.1) is 34.2 Å². The number of carbonyl (C=O) groups is 2. The molecule has 4 heterocycles. The van der Waals surface area contributed by atoms with E-state index in [9.17, 15) is 9.59 Å². The molecular formula is C54H58N8O2. The summed E-state index contributed by atoms with van der Waals surface area (Å²) in [5.74, 6) is 2.10. The summed E-state index contributed by atoms with van der Waals surface area (Å²) >= 11 is 0. The summed E-state index contributed by atoms with van der Waals surface area (Å²) in [6.45, 7) is 7.53. The maximum absolute atomic E-state index is 14.5. The first kappa shape index (κ1) is 40.7. The Kier molecular flexibility index (Phi) is 10.9. The topological polar surface area (TPSA) is 104 Å². The van der Waals surface area contributed by atoms with Crippen molar-refractivity contribution in [3.63, 3.8) is 0 Å². The fraction of sp³-hybridized carbons (Fsp3) is 0.370. The molecule has 0 spiro atoms. The molecule has 0 bridgehead atoms. The van der Waals surface area contributed by atoms with Gasteiger partial charge in [-0.05, 0) is 122 Å². The third-order valence-electron chi connectivity index (χ3n) is 14.4. The van der Waals surface area contributed by atoms with Crippen molar-refractivity contribution >= 4 is 33.9 Å². The van der Waals surface area contributed by atoms with Crippen molar-refractivity contribution < 1.29 is 9.59 Å². The van der Waals surface area contributed by atoms with Crippen molar-refractivity contribution in [3.05, 3.63) is 144 Å². The zero-order chi connectivity index (χ0) is 43.3. The molecule has 2 aliphatic carbocycles. The first-order valence-electron chi connectivity index (χ1n) is 23.8. The Balaban J connectivity index is 0.804. The highest BCUT2D eigenvalue weighted by Crippen LogP contribution is 2.42. The molecule has 2 aromatic heterocycles. The summed E-state index contributed by atoms with van der Waals surface area (Å²) < 4.78 is 0. The van der Waals surface area contributed by atoms with E-state index in [-0.39, 0.29) is 36.0 Å². The van der Waals surface area contributed by atoms with Crippen LogP contribution in [0.3, 0.4) is 0 Å². The molecule has 2 N–H and O–H groups in total. The van der Waals surface area contributed by atoms with Crippen LogP contribution in [0.5, 0.6) is 0 Å². The largest absolute Gasteiger partial charge is 0.340 e. The van der Waals surface area contributed by atoms with E-state index in [2.05, 4.69) is 128 Å². The van der Waals surface area contributed by atoms with Gasteiger partial charge in [-0.3, -0.25) is 19.4 Å². The lowest BCUT2D eigenvalue weighted by Crippen LogP contribution is -2.44. The van der Waals surface area contributed by atoms with Crippen molar-refractivity contribution in [3.8, 4) is 22.3 Å². The Morgan fingerprint density at radius 3 is 1.31 bits per heavy atom. The number of hydrogen-bond donors (Lipinski definition) is 2. The fourth-order valence-electron chi connectivity index (χ4n) is 10.9. The average molecular weight is 851 g/mol. The van der Waals surface area contributed by atoms with Crippen LogP contribution in [0.2, 0.25) is 0 Å². The smallest absolute Gasteiger partial charge is 0.245 e. The van der Waals surface area contributed by atoms with Crippen LogP contribution in [0.25, 0.3) is 44.3 Å². The lowest BCUT2D eigenvalue weighted by molar-refractivity contribution is -0.139. The monoisotopic (exact) mass is 850 g/mol. The van der Waals surface area contributed by atoms with E-state index in [0.29, 0.717) is 12.1 Å². The highest BCUT2D eigenvalue weighted by molar-refractivity contribution is 5.87. The SMILES string of the molecule is CCN(C1CC1)[C@@H](C(=O)N1CCC[C@H]1c1nc2ccc(-c3ccc(-c4ccc5nc([C@@H]6CCCN6C(=O)[C@@H](c6ccccc6)N(CC)C6CC6)[nH]c5c4)cc3)cc2[nH]1)c1ccccc1. The van der Waals surface area contributed by atoms with Gasteiger partial charge >= 0.3 is 0 Å². The molecule has 2 saturated heterocycles. The molecule has 10 heteroatoms. The van der Waals surface area contributed by atoms with Crippen LogP contribution in [0.15, 0.2) is 121 Å². The van der Waals surface area contributed by atoms with Crippen molar-refractivity contribution in [1.29, 1.82) is 0 Å². The van der Waals surface area contributed by atoms with E-state index in [1.807, 2.05) is 36.4 Å². The van der Waals surface area contributed by atoms with Crippen LogP contribution >= 0.6 is 0 Å². The number of fused-ring (bicyclic) bond motifs is 2. The van der Waals surface area contributed by atoms with Crippen LogP contribution in [-0.2, 0) is 9.59 Å². The number of benzene rings is 5. The van der Waals surface area contributed by atoms with Crippen molar-refractivity contribution in [2.45, 2.75) is 101 Å². The summed E-state index contributed by atoms with van der Waals surface area (Å²) in [6.07, 6.45) is 8.35. The minimum absolute atomic E-state index is 0.0784. The number of carbonyl (C=O) groups excluding carboxylic acids is 2. The molecule has 2 saturated carbocycles. The van der Waals surface area contributed by atoms with Crippen molar-refractivity contribution in [1.82, 2.24) is 39.5 Å². The zero-order valence-electron chi connectivity index (χ0n) is 37.0. The lowest BCUT2D eigenvalue weighted by Gasteiger charge is -2.35. The van der Waals surface area contributed by atoms with Gasteiger partial charge in [0.1, 0.15) is 23.7 Å². The molecule has 64 heavy (non-hydrogen) atoms. The highest BCUT2D eigenvalue weighted by atomic mass is 16.2. The molecule has 5 aromatic carbocycles. The van der Waals surface area contributed by atoms with Crippen LogP contribution in [0.1, 0.15) is 112 Å². The average Bonchev–Trinajstić information content (AvgIpc) is 4.11. The van der Waals surface area contributed by atoms with Gasteiger partial charge < -0.3 is 19.8 Å². The molecule has 7 aromatic rings. The Hall–Kier alpha value is -6.10. The second kappa shape index (κ2) is 17.1. The maximum atomic E-state index is 14.5. The van der Waals surface area contributed by atoms with Gasteiger partial charge in [-0.15, -0.1) is 0 Å². The number of aromatic amines is 2. The molecular weight excluding hydrogens is 793 g/mol. The Morgan fingerprint density at radius 1 is 0.547 bits per heavy atom. The van der Waals surface area contributed by atoms with E-state index in [1.165, 1.54) is 0 Å². The van der Waals surface area contributed by atoms with E-state index >= 15 is 0 Å². The van der Waals surface area contributed by atoms with Gasteiger partial charge in [-0.1, -0.05) is 111 Å². The maximum Gasteiger partial charge on any atom is 0.245 e. The van der Waals surface area contributed by atoms with Crippen molar-refractivity contribution in [2.75, 3.05) is 26.2 Å². The Morgan fingerprint density at radius 2 is 0.938 bits per heavy atom. The summed E-state index contributed by atoms with van der Waals surface area (Å²) in [4.78, 5) is 55.5. The second-order valence-electron chi connectivity index (χ2n) is 18.4. The van der Waals surface area contributed by atoms with E-state index in [4.69, 9.17) is 9.97 Å². The number of nitrogens with one attached hydrogen (secondary N) is 2. The standard InChI is InChI=1S/C54H58N8O2/c1-3-59(41-25-26-41)49(37-13-7-5-8-14-37)53(63)61-31-11-17-47(61)51-55-43-29-23-39(33-45(43)57-51)35-19-21-36(22-20-35)40-24-30-44-46(34-40)58-52(56-44)48-18-12-32-62(48)54(64)50(38-15-9-6-10-16-38)60(4-2)42-27-28-42/h5-10,13-16,19-24,29-30,33-34,41-42,47-50H,3-4,11-12,17-18,25-28,31-32H2,1-2H3,(H,55,57)(H,56,58)/t47-,48-,49+,50+/m0/s1. The quantitative estimate of drug-likeness (QED) is 0.113. The van der Waals surface area contributed by atoms with Gasteiger partial charge in [-0.25, -0.2) is 9.97 Å². The Bertz CT molecular complexity index is 2580. The van der Waals surface area contributed by atoms with Gasteiger partial charge in [0, 0.05) is 25.2 Å². The van der Waals surface area contributed by atoms with E-state index in [1.54, 1.807) is 0 Å². The molecule has 0 radical (unpaired) electrons. The molecule has 4 fully saturated rings. The Labute approximate surface area is 375 Å². The van der Waals surface area contributed by atoms with Crippen LogP contribution < -0.4 is 0 Å². The second-order valence-corrected chi connectivity index (χ2v) is 18.4. The first-order chi connectivity index (χ1) is 31.4. The third kappa shape index (κ3) is 7.70. The van der Waals surface area contributed by atoms with E-state index < -0.39 is 0 Å². The molecule has 2 aliphatic heterocycles. The number of amides is 2. The van der Waals surface area contributed by atoms with Gasteiger partial charge in [-0.2, -0.15) is 0 Å². The number of nitrogens with zero attached hydrogens (tertiary/aromatic N) is 6. The predicted molar refractivity (Wildman–Crippen MR) is 253 cm³/mol. The number of rotatable bonds is 14. The number of likely N-dealkylation sites (N-methyl/N-ethyl adjacent to an activating group) is 2. The fourth-order valence-corrected chi connectivity index (χ4v) is 10.9. The van der Waals surface area contributed by atoms with Crippen LogP contribution in [-0.4, -0.2) is 89.6 Å². The normalized spacial score (nSPS) is 19.9. The predicted octanol–water partition coefficient (Wildman–Crippen LogP) is 10.6.